The van der Waals surface area contributed by atoms with Gasteiger partial charge in [-0.05, 0) is 33.4 Å². The molecular formula is C56H58O9. The first-order valence-electron chi connectivity index (χ1n) is 22.3. The van der Waals surface area contributed by atoms with E-state index < -0.39 is 49.2 Å². The molecule has 65 heavy (non-hydrogen) atoms. The van der Waals surface area contributed by atoms with Gasteiger partial charge in [0.2, 0.25) is 0 Å². The summed E-state index contributed by atoms with van der Waals surface area (Å²) >= 11 is 0. The number of rotatable bonds is 22. The smallest absolute Gasteiger partial charge is 0.186 e. The Morgan fingerprint density at radius 2 is 0.600 bits per heavy atom. The van der Waals surface area contributed by atoms with E-state index in [0.29, 0.717) is 50.8 Å². The zero-order valence-corrected chi connectivity index (χ0v) is 36.7. The Kier molecular flexibility index (Phi) is 17.1. The topological polar surface area (TPSA) is 83.1 Å². The molecule has 0 aromatic heterocycles. The van der Waals surface area contributed by atoms with E-state index in [0.717, 1.165) is 33.4 Å². The molecule has 0 spiro atoms. The third-order valence-corrected chi connectivity index (χ3v) is 11.4. The van der Waals surface area contributed by atoms with E-state index >= 15 is 0 Å². The second-order valence-electron chi connectivity index (χ2n) is 16.3. The minimum absolute atomic E-state index is 0.188. The molecule has 8 atom stereocenters. The first kappa shape index (κ1) is 46.0. The van der Waals surface area contributed by atoms with Crippen LogP contribution in [0.4, 0.5) is 0 Å². The molecule has 2 saturated heterocycles. The van der Waals surface area contributed by atoms with Gasteiger partial charge in [0.15, 0.2) is 12.6 Å². The van der Waals surface area contributed by atoms with Gasteiger partial charge in [-0.25, -0.2) is 0 Å². The van der Waals surface area contributed by atoms with Crippen LogP contribution in [0.15, 0.2) is 206 Å². The third kappa shape index (κ3) is 13.3. The number of hydrogen-bond acceptors (Lipinski definition) is 9. The molecule has 0 amide bonds. The normalized spacial score (nSPS) is 23.3. The molecule has 2 heterocycles. The fourth-order valence-corrected chi connectivity index (χ4v) is 7.93. The molecule has 9 heteroatoms. The van der Waals surface area contributed by atoms with E-state index in [1.807, 2.05) is 182 Å². The van der Waals surface area contributed by atoms with Crippen LogP contribution in [0.1, 0.15) is 33.4 Å². The third-order valence-electron chi connectivity index (χ3n) is 11.4. The van der Waals surface area contributed by atoms with Gasteiger partial charge >= 0.3 is 0 Å². The fourth-order valence-electron chi connectivity index (χ4n) is 7.93. The van der Waals surface area contributed by atoms with Crippen molar-refractivity contribution in [2.75, 3.05) is 13.2 Å². The molecule has 0 N–H and O–H groups in total. The summed E-state index contributed by atoms with van der Waals surface area (Å²) in [6, 6.07) is 60.2. The summed E-state index contributed by atoms with van der Waals surface area (Å²) in [6.07, 6.45) is -5.80. The molecule has 8 rings (SSSR count). The minimum atomic E-state index is -1.01. The summed E-state index contributed by atoms with van der Waals surface area (Å²) in [6.45, 7) is 11.5. The number of ether oxygens (including phenoxy) is 9. The van der Waals surface area contributed by atoms with E-state index in [9.17, 15) is 0 Å². The Morgan fingerprint density at radius 1 is 0.338 bits per heavy atom. The van der Waals surface area contributed by atoms with Gasteiger partial charge < -0.3 is 42.6 Å². The highest BCUT2D eigenvalue weighted by Crippen LogP contribution is 2.37. The summed E-state index contributed by atoms with van der Waals surface area (Å²) in [4.78, 5) is 0. The minimum Gasteiger partial charge on any atom is -0.374 e. The van der Waals surface area contributed by atoms with Crippen LogP contribution in [0.2, 0.25) is 0 Å². The van der Waals surface area contributed by atoms with Crippen LogP contribution in [0, 0.1) is 0 Å². The predicted octanol–water partition coefficient (Wildman–Crippen LogP) is 10.3. The van der Waals surface area contributed by atoms with Crippen molar-refractivity contribution in [3.63, 3.8) is 0 Å². The molecule has 0 aliphatic carbocycles. The Hall–Kier alpha value is -5.56. The van der Waals surface area contributed by atoms with Gasteiger partial charge in [-0.15, -0.1) is 0 Å². The van der Waals surface area contributed by atoms with Gasteiger partial charge in [-0.2, -0.15) is 0 Å². The number of benzene rings is 6. The van der Waals surface area contributed by atoms with E-state index in [1.54, 1.807) is 0 Å². The summed E-state index contributed by atoms with van der Waals surface area (Å²) in [5.74, 6) is 0. The second kappa shape index (κ2) is 24.1. The van der Waals surface area contributed by atoms with Crippen molar-refractivity contribution < 1.29 is 42.6 Å². The van der Waals surface area contributed by atoms with Crippen molar-refractivity contribution in [2.45, 2.75) is 88.8 Å². The average molecular weight is 875 g/mol. The van der Waals surface area contributed by atoms with Crippen molar-refractivity contribution in [1.29, 1.82) is 0 Å². The van der Waals surface area contributed by atoms with Crippen LogP contribution in [-0.4, -0.2) is 62.4 Å². The highest BCUT2D eigenvalue weighted by molar-refractivity contribution is 5.22. The lowest BCUT2D eigenvalue weighted by Crippen LogP contribution is -2.58. The fraction of sp³-hybridized carbons (Fsp3) is 0.286. The molecule has 2 aliphatic heterocycles. The molecule has 6 aromatic rings. The van der Waals surface area contributed by atoms with Crippen LogP contribution in [0.25, 0.3) is 0 Å². The van der Waals surface area contributed by atoms with Crippen molar-refractivity contribution >= 4 is 0 Å². The Morgan fingerprint density at radius 3 is 0.892 bits per heavy atom. The highest BCUT2D eigenvalue weighted by atomic mass is 16.8. The lowest BCUT2D eigenvalue weighted by molar-refractivity contribution is -0.312. The highest BCUT2D eigenvalue weighted by Gasteiger charge is 2.48. The first-order chi connectivity index (χ1) is 32.1. The van der Waals surface area contributed by atoms with Gasteiger partial charge in [0.05, 0.1) is 52.9 Å². The number of hydrogen-bond donors (Lipinski definition) is 0. The van der Waals surface area contributed by atoms with E-state index in [-0.39, 0.29) is 13.2 Å². The zero-order valence-electron chi connectivity index (χ0n) is 36.7. The van der Waals surface area contributed by atoms with Gasteiger partial charge in [-0.1, -0.05) is 195 Å². The molecule has 0 saturated carbocycles. The van der Waals surface area contributed by atoms with Crippen molar-refractivity contribution in [3.05, 3.63) is 240 Å². The van der Waals surface area contributed by atoms with Crippen LogP contribution in [0.5, 0.6) is 0 Å². The average Bonchev–Trinajstić information content (AvgIpc) is 3.36. The summed E-state index contributed by atoms with van der Waals surface area (Å²) < 4.78 is 60.4. The van der Waals surface area contributed by atoms with Gasteiger partial charge in [0.1, 0.15) is 36.6 Å². The van der Waals surface area contributed by atoms with Crippen molar-refractivity contribution in [3.8, 4) is 0 Å². The van der Waals surface area contributed by atoms with Crippen LogP contribution < -0.4 is 0 Å². The van der Waals surface area contributed by atoms with Crippen LogP contribution in [-0.2, 0) is 82.3 Å². The lowest BCUT2D eigenvalue weighted by atomic mass is 9.95. The van der Waals surface area contributed by atoms with E-state index in [4.69, 9.17) is 42.6 Å². The monoisotopic (exact) mass is 874 g/mol. The molecule has 9 nitrogen and oxygen atoms in total. The SMILES string of the molecule is C=C1C(OC2O[C@H](COCc3ccccc3)[C@H](OCc3ccccc3)[C@H](OCc3ccccc3)C2=C)O[C@H](COCc2ccccc2)[C@H](OCc2ccccc2)[C@@H]1OCc1ccccc1. The first-order valence-corrected chi connectivity index (χ1v) is 22.3. The lowest BCUT2D eigenvalue weighted by Gasteiger charge is -2.46. The Labute approximate surface area is 383 Å². The van der Waals surface area contributed by atoms with E-state index in [1.165, 1.54) is 0 Å². The predicted molar refractivity (Wildman–Crippen MR) is 249 cm³/mol. The molecule has 0 radical (unpaired) electrons. The van der Waals surface area contributed by atoms with Gasteiger partial charge in [-0.3, -0.25) is 0 Å². The molecular weight excluding hydrogens is 817 g/mol. The second-order valence-corrected chi connectivity index (χ2v) is 16.3. The molecule has 6 aromatic carbocycles. The van der Waals surface area contributed by atoms with Gasteiger partial charge in [0.25, 0.3) is 0 Å². The Balaban J connectivity index is 1.08. The maximum absolute atomic E-state index is 6.91. The van der Waals surface area contributed by atoms with Crippen LogP contribution in [0.3, 0.4) is 0 Å². The van der Waals surface area contributed by atoms with E-state index in [2.05, 4.69) is 13.2 Å². The largest absolute Gasteiger partial charge is 0.374 e. The molecule has 2 aliphatic rings. The zero-order chi connectivity index (χ0) is 44.5. The van der Waals surface area contributed by atoms with Crippen molar-refractivity contribution in [2.24, 2.45) is 0 Å². The molecule has 2 unspecified atom stereocenters. The Bertz CT molecular complexity index is 2130. The van der Waals surface area contributed by atoms with Crippen molar-refractivity contribution in [1.82, 2.24) is 0 Å². The molecule has 336 valence electrons. The summed E-state index contributed by atoms with van der Waals surface area (Å²) in [5.41, 5.74) is 7.19. The summed E-state index contributed by atoms with van der Waals surface area (Å²) in [5, 5.41) is 0. The van der Waals surface area contributed by atoms with Crippen LogP contribution >= 0.6 is 0 Å². The standard InChI is InChI=1S/C56H58O9/c1-41-51(59-35-45-25-13-5-14-26-45)53(61-37-47-29-17-7-18-30-47)49(39-57-33-43-21-9-3-10-22-43)63-55(41)65-56-42(2)52(60-36-46-27-15-6-16-28-46)54(62-38-48-31-19-8-20-32-48)50(64-56)40-58-34-44-23-11-4-12-24-44/h3-32,49-56H,1-2,33-40H2/t49-,50-,51-,52-,53+,54+,55?,56?/m1/s1. The molecule has 0 bridgehead atoms. The molecule has 2 fully saturated rings. The maximum Gasteiger partial charge on any atom is 0.186 e. The quantitative estimate of drug-likeness (QED) is 0.0619. The summed E-state index contributed by atoms with van der Waals surface area (Å²) in [7, 11) is 0. The van der Waals surface area contributed by atoms with Gasteiger partial charge in [0, 0.05) is 11.1 Å². The maximum atomic E-state index is 6.91.